The van der Waals surface area contributed by atoms with Gasteiger partial charge in [0, 0.05) is 5.92 Å². The number of halogens is 3. The molecule has 0 saturated carbocycles. The summed E-state index contributed by atoms with van der Waals surface area (Å²) in [7, 11) is 0. The van der Waals surface area contributed by atoms with Gasteiger partial charge in [0.15, 0.2) is 0 Å². The zero-order valence-corrected chi connectivity index (χ0v) is 18.4. The van der Waals surface area contributed by atoms with Crippen molar-refractivity contribution in [2.24, 2.45) is 0 Å². The van der Waals surface area contributed by atoms with Gasteiger partial charge in [0.1, 0.15) is 5.82 Å². The summed E-state index contributed by atoms with van der Waals surface area (Å²) in [6.45, 7) is 6.42. The number of aryl methyl sites for hydroxylation is 3. The smallest absolute Gasteiger partial charge is 0.266 e. The van der Waals surface area contributed by atoms with E-state index in [0.717, 1.165) is 37.9 Å². The lowest BCUT2D eigenvalue weighted by Crippen LogP contribution is -2.24. The minimum absolute atomic E-state index is 0.338. The molecule has 168 valence electrons. The van der Waals surface area contributed by atoms with Crippen LogP contribution in [0.3, 0.4) is 0 Å². The second-order valence-corrected chi connectivity index (χ2v) is 8.50. The van der Waals surface area contributed by atoms with E-state index in [-0.39, 0.29) is 0 Å². The van der Waals surface area contributed by atoms with Crippen molar-refractivity contribution in [3.63, 3.8) is 0 Å². The second-order valence-electron chi connectivity index (χ2n) is 8.50. The Morgan fingerprint density at radius 2 is 1.77 bits per heavy atom. The Bertz CT molecular complexity index is 836. The van der Waals surface area contributed by atoms with Gasteiger partial charge in [-0.25, -0.2) is 13.2 Å². The van der Waals surface area contributed by atoms with E-state index >= 15 is 0 Å². The monoisotopic (exact) mass is 430 g/mol. The highest BCUT2D eigenvalue weighted by molar-refractivity contribution is 5.36. The molecule has 1 heterocycles. The van der Waals surface area contributed by atoms with Gasteiger partial charge in [0.25, 0.3) is 6.43 Å². The molecule has 0 aliphatic carbocycles. The van der Waals surface area contributed by atoms with Gasteiger partial charge in [0.05, 0.1) is 18.3 Å². The zero-order chi connectivity index (χ0) is 22.2. The summed E-state index contributed by atoms with van der Waals surface area (Å²) in [5.41, 5.74) is 2.72. The van der Waals surface area contributed by atoms with Crippen LogP contribution in [-0.2, 0) is 24.0 Å². The normalized spacial score (nSPS) is 19.0. The molecule has 0 amide bonds. The zero-order valence-electron chi connectivity index (χ0n) is 18.4. The molecule has 1 aliphatic heterocycles. The maximum atomic E-state index is 14.7. The van der Waals surface area contributed by atoms with Crippen LogP contribution in [0.15, 0.2) is 49.1 Å². The van der Waals surface area contributed by atoms with Crippen molar-refractivity contribution < 1.29 is 17.9 Å². The maximum Gasteiger partial charge on any atom is 0.266 e. The van der Waals surface area contributed by atoms with E-state index in [1.807, 2.05) is 13.0 Å². The first kappa shape index (κ1) is 23.6. The molecular weight excluding hydrogens is 397 g/mol. The summed E-state index contributed by atoms with van der Waals surface area (Å²) < 4.78 is 47.5. The molecule has 2 atom stereocenters. The molecule has 2 aromatic rings. The van der Waals surface area contributed by atoms with Crippen LogP contribution in [0, 0.1) is 5.82 Å². The fourth-order valence-corrected chi connectivity index (χ4v) is 4.43. The average molecular weight is 431 g/mol. The van der Waals surface area contributed by atoms with Gasteiger partial charge < -0.3 is 4.74 Å². The van der Waals surface area contributed by atoms with Crippen molar-refractivity contribution >= 4 is 0 Å². The lowest BCUT2D eigenvalue weighted by atomic mass is 9.89. The van der Waals surface area contributed by atoms with Gasteiger partial charge in [-0.2, -0.15) is 0 Å². The molecule has 0 radical (unpaired) electrons. The Morgan fingerprint density at radius 3 is 2.39 bits per heavy atom. The molecule has 2 unspecified atom stereocenters. The number of rotatable bonds is 10. The van der Waals surface area contributed by atoms with Crippen LogP contribution in [0.25, 0.3) is 0 Å². The molecule has 31 heavy (non-hydrogen) atoms. The van der Waals surface area contributed by atoms with E-state index in [2.05, 4.69) is 30.8 Å². The number of allylic oxidation sites excluding steroid dienone is 1. The molecule has 0 bridgehead atoms. The quantitative estimate of drug-likeness (QED) is 0.350. The molecule has 0 aromatic heterocycles. The molecule has 3 rings (SSSR count). The predicted molar refractivity (Wildman–Crippen MR) is 120 cm³/mol. The van der Waals surface area contributed by atoms with E-state index in [1.54, 1.807) is 12.1 Å². The number of alkyl halides is 2. The van der Waals surface area contributed by atoms with Crippen LogP contribution in [0.4, 0.5) is 13.2 Å². The third kappa shape index (κ3) is 6.22. The van der Waals surface area contributed by atoms with Crippen LogP contribution in [0.2, 0.25) is 0 Å². The van der Waals surface area contributed by atoms with Crippen LogP contribution in [0.1, 0.15) is 79.2 Å². The Morgan fingerprint density at radius 1 is 1.03 bits per heavy atom. The van der Waals surface area contributed by atoms with Crippen molar-refractivity contribution in [3.8, 4) is 0 Å². The highest BCUT2D eigenvalue weighted by Crippen LogP contribution is 2.31. The van der Waals surface area contributed by atoms with Crippen LogP contribution in [0.5, 0.6) is 0 Å². The molecule has 1 saturated heterocycles. The van der Waals surface area contributed by atoms with Gasteiger partial charge in [-0.05, 0) is 67.2 Å². The molecular formula is C27H33F3O. The number of hydrogen-bond acceptors (Lipinski definition) is 1. The molecule has 0 N–H and O–H groups in total. The Kier molecular flexibility index (Phi) is 8.77. The molecule has 1 fully saturated rings. The molecule has 4 heteroatoms. The number of ether oxygens (including phenoxy) is 1. The SMILES string of the molecule is C=CCCC1CCC(c2ccc(CCc3ccc(CCC)c(C(F)F)c3F)cc2)CO1. The van der Waals surface area contributed by atoms with Crippen LogP contribution in [-0.4, -0.2) is 12.7 Å². The Hall–Kier alpha value is -2.07. The number of hydrogen-bond donors (Lipinski definition) is 0. The molecule has 0 spiro atoms. The van der Waals surface area contributed by atoms with Gasteiger partial charge in [-0.3, -0.25) is 0 Å². The van der Waals surface area contributed by atoms with Crippen molar-refractivity contribution in [2.75, 3.05) is 6.61 Å². The average Bonchev–Trinajstić information content (AvgIpc) is 2.78. The van der Waals surface area contributed by atoms with Crippen molar-refractivity contribution in [1.29, 1.82) is 0 Å². The summed E-state index contributed by atoms with van der Waals surface area (Å²) in [4.78, 5) is 0. The fraction of sp³-hybridized carbons (Fsp3) is 0.481. The fourth-order valence-electron chi connectivity index (χ4n) is 4.43. The van der Waals surface area contributed by atoms with Gasteiger partial charge in [-0.15, -0.1) is 6.58 Å². The summed E-state index contributed by atoms with van der Waals surface area (Å²) in [6, 6.07) is 11.7. The minimum Gasteiger partial charge on any atom is -0.378 e. The lowest BCUT2D eigenvalue weighted by Gasteiger charge is -2.29. The van der Waals surface area contributed by atoms with E-state index in [4.69, 9.17) is 4.74 Å². The highest BCUT2D eigenvalue weighted by Gasteiger charge is 2.23. The molecule has 1 nitrogen and oxygen atoms in total. The summed E-state index contributed by atoms with van der Waals surface area (Å²) >= 11 is 0. The summed E-state index contributed by atoms with van der Waals surface area (Å²) in [5.74, 6) is -0.325. The Labute approximate surface area is 184 Å². The van der Waals surface area contributed by atoms with Gasteiger partial charge >= 0.3 is 0 Å². The first-order valence-corrected chi connectivity index (χ1v) is 11.4. The summed E-state index contributed by atoms with van der Waals surface area (Å²) in [5, 5.41) is 0. The van der Waals surface area contributed by atoms with E-state index < -0.39 is 17.8 Å². The van der Waals surface area contributed by atoms with E-state index in [0.29, 0.717) is 48.8 Å². The van der Waals surface area contributed by atoms with E-state index in [9.17, 15) is 13.2 Å². The lowest BCUT2D eigenvalue weighted by molar-refractivity contribution is -0.000176. The topological polar surface area (TPSA) is 9.23 Å². The first-order chi connectivity index (χ1) is 15.0. The van der Waals surface area contributed by atoms with Gasteiger partial charge in [0.2, 0.25) is 0 Å². The van der Waals surface area contributed by atoms with Gasteiger partial charge in [-0.1, -0.05) is 55.8 Å². The summed E-state index contributed by atoms with van der Waals surface area (Å²) in [6.07, 6.45) is 5.93. The van der Waals surface area contributed by atoms with Crippen molar-refractivity contribution in [2.45, 2.75) is 76.7 Å². The third-order valence-corrected chi connectivity index (χ3v) is 6.28. The predicted octanol–water partition coefficient (Wildman–Crippen LogP) is 7.73. The molecule has 2 aromatic carbocycles. The number of benzene rings is 2. The highest BCUT2D eigenvalue weighted by atomic mass is 19.3. The largest absolute Gasteiger partial charge is 0.378 e. The first-order valence-electron chi connectivity index (χ1n) is 11.4. The Balaban J connectivity index is 1.59. The third-order valence-electron chi connectivity index (χ3n) is 6.28. The maximum absolute atomic E-state index is 14.7. The standard InChI is InChI=1S/C27H33F3O/c1-3-5-7-24-17-16-23(18-31-24)20-11-8-19(9-12-20)10-13-22-15-14-21(6-4-2)25(26(22)28)27(29)30/h3,8-9,11-12,14-15,23-24,27H,1,4-7,10,13,16-18H2,2H3. The molecule has 1 aliphatic rings. The second kappa shape index (κ2) is 11.5. The van der Waals surface area contributed by atoms with Crippen LogP contribution >= 0.6 is 0 Å². The van der Waals surface area contributed by atoms with Crippen molar-refractivity contribution in [1.82, 2.24) is 0 Å². The van der Waals surface area contributed by atoms with Crippen LogP contribution < -0.4 is 0 Å². The van der Waals surface area contributed by atoms with E-state index in [1.165, 1.54) is 5.56 Å². The van der Waals surface area contributed by atoms with Crippen molar-refractivity contribution in [3.05, 3.63) is 82.7 Å². The minimum atomic E-state index is -2.78.